The van der Waals surface area contributed by atoms with Crippen LogP contribution in [0.4, 0.5) is 0 Å². The molecule has 5 nitrogen and oxygen atoms in total. The molecule has 1 atom stereocenters. The van der Waals surface area contributed by atoms with Crippen molar-refractivity contribution in [3.05, 3.63) is 35.7 Å². The van der Waals surface area contributed by atoms with Gasteiger partial charge in [0.25, 0.3) is 6.47 Å². The van der Waals surface area contributed by atoms with Crippen LogP contribution in [0, 0.1) is 6.92 Å². The molecule has 0 aromatic carbocycles. The lowest BCUT2D eigenvalue weighted by Gasteiger charge is -2.26. The van der Waals surface area contributed by atoms with Crippen molar-refractivity contribution in [3.63, 3.8) is 0 Å². The zero-order valence-electron chi connectivity index (χ0n) is 14.1. The Hall–Kier alpha value is -2.01. The van der Waals surface area contributed by atoms with Gasteiger partial charge in [0.15, 0.2) is 5.65 Å². The molecule has 5 heteroatoms. The summed E-state index contributed by atoms with van der Waals surface area (Å²) in [5.74, 6) is 0. The lowest BCUT2D eigenvalue weighted by Crippen LogP contribution is -2.21. The first kappa shape index (κ1) is 18.0. The van der Waals surface area contributed by atoms with Gasteiger partial charge in [0.2, 0.25) is 0 Å². The van der Waals surface area contributed by atoms with Gasteiger partial charge in [0.1, 0.15) is 0 Å². The van der Waals surface area contributed by atoms with Crippen LogP contribution < -0.4 is 0 Å². The largest absolute Gasteiger partial charge is 0.471 e. The quantitative estimate of drug-likeness (QED) is 0.811. The zero-order valence-corrected chi connectivity index (χ0v) is 14.1. The Morgan fingerprint density at radius 3 is 2.50 bits per heavy atom. The van der Waals surface area contributed by atoms with Crippen LogP contribution in [0.25, 0.3) is 11.0 Å². The third-order valence-electron chi connectivity index (χ3n) is 2.81. The second-order valence-electron chi connectivity index (χ2n) is 5.93. The Kier molecular flexibility index (Phi) is 6.43. The molecule has 2 heterocycles. The number of pyridine rings is 2. The minimum absolute atomic E-state index is 0.0263. The van der Waals surface area contributed by atoms with Crippen LogP contribution >= 0.6 is 0 Å². The number of hydrogen-bond acceptors (Lipinski definition) is 5. The van der Waals surface area contributed by atoms with E-state index >= 15 is 0 Å². The third kappa shape index (κ3) is 5.41. The monoisotopic (exact) mass is 304 g/mol. The summed E-state index contributed by atoms with van der Waals surface area (Å²) in [7, 11) is 1.31. The summed E-state index contributed by atoms with van der Waals surface area (Å²) < 4.78 is 9.89. The Labute approximate surface area is 131 Å². The maximum atomic E-state index is 8.95. The van der Waals surface area contributed by atoms with Crippen molar-refractivity contribution in [3.8, 4) is 0 Å². The highest BCUT2D eigenvalue weighted by atomic mass is 16.5. The predicted molar refractivity (Wildman–Crippen MR) is 86.6 cm³/mol. The normalized spacial score (nSPS) is 12.3. The average Bonchev–Trinajstić information content (AvgIpc) is 2.44. The molecule has 0 amide bonds. The van der Waals surface area contributed by atoms with Gasteiger partial charge in [-0.15, -0.1) is 0 Å². The van der Waals surface area contributed by atoms with Crippen molar-refractivity contribution in [2.24, 2.45) is 0 Å². The Morgan fingerprint density at radius 1 is 1.32 bits per heavy atom. The van der Waals surface area contributed by atoms with E-state index in [1.807, 2.05) is 19.1 Å². The van der Waals surface area contributed by atoms with Crippen molar-refractivity contribution < 1.29 is 14.3 Å². The van der Waals surface area contributed by atoms with Gasteiger partial charge in [-0.3, -0.25) is 4.79 Å². The van der Waals surface area contributed by atoms with Gasteiger partial charge in [-0.2, -0.15) is 0 Å². The van der Waals surface area contributed by atoms with Gasteiger partial charge in [0.05, 0.1) is 18.8 Å². The van der Waals surface area contributed by atoms with Gasteiger partial charge in [-0.25, -0.2) is 9.97 Å². The van der Waals surface area contributed by atoms with Crippen LogP contribution in [0.5, 0.6) is 0 Å². The fourth-order valence-corrected chi connectivity index (χ4v) is 2.14. The standard InChI is InChI=1S/C15H20N2O.C2H4O2/c1-10-9-13(11(2)18-15(3,4)5)12-7-6-8-16-14(12)17-10;1-4-2-3/h6-9,11H,1-5H3;2H,1H3. The fourth-order valence-electron chi connectivity index (χ4n) is 2.14. The fraction of sp³-hybridized carbons (Fsp3) is 0.471. The number of hydrogen-bond donors (Lipinski definition) is 0. The van der Waals surface area contributed by atoms with Gasteiger partial charge in [0, 0.05) is 17.3 Å². The number of methoxy groups -OCH3 is 1. The maximum Gasteiger partial charge on any atom is 0.292 e. The molecule has 0 N–H and O–H groups in total. The summed E-state index contributed by atoms with van der Waals surface area (Å²) in [6.45, 7) is 10.6. The SMILES string of the molecule is COC=O.Cc1cc(C(C)OC(C)(C)C)c2cccnc2n1. The number of nitrogens with zero attached hydrogens (tertiary/aromatic N) is 2. The van der Waals surface area contributed by atoms with Crippen molar-refractivity contribution in [1.82, 2.24) is 9.97 Å². The van der Waals surface area contributed by atoms with Crippen LogP contribution in [0.2, 0.25) is 0 Å². The maximum absolute atomic E-state index is 8.95. The highest BCUT2D eigenvalue weighted by Gasteiger charge is 2.19. The first-order chi connectivity index (χ1) is 10.3. The molecule has 2 aromatic heterocycles. The van der Waals surface area contributed by atoms with Crippen LogP contribution in [0.3, 0.4) is 0 Å². The summed E-state index contributed by atoms with van der Waals surface area (Å²) in [4.78, 5) is 17.7. The lowest BCUT2D eigenvalue weighted by atomic mass is 10.0. The molecular formula is C17H24N2O3. The average molecular weight is 304 g/mol. The number of ether oxygens (including phenoxy) is 2. The number of aryl methyl sites for hydroxylation is 1. The third-order valence-corrected chi connectivity index (χ3v) is 2.81. The molecule has 0 bridgehead atoms. The van der Waals surface area contributed by atoms with E-state index in [-0.39, 0.29) is 11.7 Å². The zero-order chi connectivity index (χ0) is 16.8. The molecule has 0 spiro atoms. The smallest absolute Gasteiger partial charge is 0.292 e. The van der Waals surface area contributed by atoms with E-state index in [2.05, 4.69) is 48.5 Å². The molecule has 120 valence electrons. The number of fused-ring (bicyclic) bond motifs is 1. The molecule has 0 fully saturated rings. The molecular weight excluding hydrogens is 280 g/mol. The van der Waals surface area contributed by atoms with Crippen molar-refractivity contribution in [2.75, 3.05) is 7.11 Å². The molecule has 2 rings (SSSR count). The van der Waals surface area contributed by atoms with E-state index in [0.717, 1.165) is 22.3 Å². The minimum Gasteiger partial charge on any atom is -0.471 e. The van der Waals surface area contributed by atoms with Gasteiger partial charge < -0.3 is 9.47 Å². The first-order valence-electron chi connectivity index (χ1n) is 7.15. The molecule has 22 heavy (non-hydrogen) atoms. The topological polar surface area (TPSA) is 61.3 Å². The van der Waals surface area contributed by atoms with Crippen molar-refractivity contribution in [1.29, 1.82) is 0 Å². The number of carbonyl (C=O) groups excluding carboxylic acids is 1. The summed E-state index contributed by atoms with van der Waals surface area (Å²) in [5, 5.41) is 1.07. The van der Waals surface area contributed by atoms with Crippen LogP contribution in [0.15, 0.2) is 24.4 Å². The molecule has 0 aliphatic rings. The number of rotatable bonds is 3. The first-order valence-corrected chi connectivity index (χ1v) is 7.15. The van der Waals surface area contributed by atoms with Crippen molar-refractivity contribution in [2.45, 2.75) is 46.3 Å². The van der Waals surface area contributed by atoms with Gasteiger partial charge >= 0.3 is 0 Å². The Morgan fingerprint density at radius 2 is 1.95 bits per heavy atom. The second kappa shape index (κ2) is 7.84. The molecule has 0 aliphatic carbocycles. The predicted octanol–water partition coefficient (Wildman–Crippen LogP) is 3.60. The van der Waals surface area contributed by atoms with E-state index in [1.54, 1.807) is 6.20 Å². The summed E-state index contributed by atoms with van der Waals surface area (Å²) >= 11 is 0. The number of aromatic nitrogens is 2. The molecule has 2 aromatic rings. The van der Waals surface area contributed by atoms with E-state index in [4.69, 9.17) is 9.53 Å². The second-order valence-corrected chi connectivity index (χ2v) is 5.93. The Balaban J connectivity index is 0.000000541. The summed E-state index contributed by atoms with van der Waals surface area (Å²) in [6, 6.07) is 6.07. The lowest BCUT2D eigenvalue weighted by molar-refractivity contribution is -0.126. The van der Waals surface area contributed by atoms with Crippen LogP contribution in [0.1, 0.15) is 45.1 Å². The molecule has 0 saturated carbocycles. The van der Waals surface area contributed by atoms with Crippen molar-refractivity contribution >= 4 is 17.5 Å². The van der Waals surface area contributed by atoms with E-state index < -0.39 is 0 Å². The van der Waals surface area contributed by atoms with E-state index in [0.29, 0.717) is 6.47 Å². The van der Waals surface area contributed by atoms with Gasteiger partial charge in [-0.05, 0) is 58.4 Å². The van der Waals surface area contributed by atoms with E-state index in [9.17, 15) is 0 Å². The number of carbonyl (C=O) groups is 1. The highest BCUT2D eigenvalue weighted by Crippen LogP contribution is 2.28. The molecule has 1 unspecified atom stereocenters. The minimum atomic E-state index is -0.162. The Bertz CT molecular complexity index is 621. The summed E-state index contributed by atoms with van der Waals surface area (Å²) in [5.41, 5.74) is 2.75. The van der Waals surface area contributed by atoms with Gasteiger partial charge in [-0.1, -0.05) is 0 Å². The highest BCUT2D eigenvalue weighted by molar-refractivity contribution is 5.79. The van der Waals surface area contributed by atoms with Crippen LogP contribution in [-0.4, -0.2) is 29.2 Å². The van der Waals surface area contributed by atoms with Crippen LogP contribution in [-0.2, 0) is 14.3 Å². The summed E-state index contributed by atoms with van der Waals surface area (Å²) in [6.07, 6.45) is 1.80. The molecule has 0 saturated heterocycles. The molecule has 0 radical (unpaired) electrons. The van der Waals surface area contributed by atoms with E-state index in [1.165, 1.54) is 7.11 Å². The molecule has 0 aliphatic heterocycles.